The van der Waals surface area contributed by atoms with Crippen molar-refractivity contribution in [3.8, 4) is 0 Å². The molecule has 1 unspecified atom stereocenters. The van der Waals surface area contributed by atoms with E-state index < -0.39 is 0 Å². The number of hydrogen-bond donors (Lipinski definition) is 2. The Kier molecular flexibility index (Phi) is 6.35. The Hall–Kier alpha value is -0.0800. The fourth-order valence-corrected chi connectivity index (χ4v) is 1.31. The van der Waals surface area contributed by atoms with E-state index >= 15 is 0 Å². The normalized spacial score (nSPS) is 14.5. The van der Waals surface area contributed by atoms with Crippen molar-refractivity contribution >= 4 is 0 Å². The van der Waals surface area contributed by atoms with E-state index in [1.54, 1.807) is 0 Å². The van der Waals surface area contributed by atoms with E-state index in [1.165, 1.54) is 0 Å². The Morgan fingerprint density at radius 1 is 1.23 bits per heavy atom. The number of aliphatic hydroxyl groups excluding tert-OH is 1. The first-order valence-electron chi connectivity index (χ1n) is 5.48. The molecule has 0 bridgehead atoms. The highest BCUT2D eigenvalue weighted by Gasteiger charge is 2.24. The molecule has 0 aliphatic heterocycles. The third kappa shape index (κ3) is 4.10. The molecule has 0 aliphatic rings. The van der Waals surface area contributed by atoms with Crippen molar-refractivity contribution in [1.82, 2.24) is 5.32 Å². The van der Waals surface area contributed by atoms with Crippen LogP contribution in [0.1, 0.15) is 47.0 Å². The van der Waals surface area contributed by atoms with E-state index in [0.29, 0.717) is 12.6 Å². The number of hydrogen-bond acceptors (Lipinski definition) is 2. The monoisotopic (exact) mass is 187 g/mol. The molecule has 0 aromatic rings. The summed E-state index contributed by atoms with van der Waals surface area (Å²) in [5.74, 6) is 0. The summed E-state index contributed by atoms with van der Waals surface area (Å²) >= 11 is 0. The van der Waals surface area contributed by atoms with Crippen LogP contribution >= 0.6 is 0 Å². The first-order chi connectivity index (χ1) is 6.14. The minimum absolute atomic E-state index is 0.101. The minimum atomic E-state index is 0.101. The van der Waals surface area contributed by atoms with Crippen LogP contribution < -0.4 is 5.32 Å². The molecule has 0 radical (unpaired) electrons. The Morgan fingerprint density at radius 2 is 1.77 bits per heavy atom. The quantitative estimate of drug-likeness (QED) is 0.640. The maximum Gasteiger partial charge on any atom is 0.0499 e. The second-order valence-corrected chi connectivity index (χ2v) is 4.06. The van der Waals surface area contributed by atoms with Crippen molar-refractivity contribution in [3.63, 3.8) is 0 Å². The molecule has 80 valence electrons. The van der Waals surface area contributed by atoms with Crippen molar-refractivity contribution in [2.45, 2.75) is 53.0 Å². The van der Waals surface area contributed by atoms with Gasteiger partial charge in [0.1, 0.15) is 0 Å². The van der Waals surface area contributed by atoms with Gasteiger partial charge in [0.2, 0.25) is 0 Å². The molecular formula is C11H25NO. The van der Waals surface area contributed by atoms with Crippen LogP contribution in [0.15, 0.2) is 0 Å². The number of nitrogens with one attached hydrogen (secondary N) is 1. The van der Waals surface area contributed by atoms with Gasteiger partial charge in [0.25, 0.3) is 0 Å². The van der Waals surface area contributed by atoms with Crippen molar-refractivity contribution in [1.29, 1.82) is 0 Å². The molecule has 0 aromatic carbocycles. The van der Waals surface area contributed by atoms with Crippen molar-refractivity contribution < 1.29 is 5.11 Å². The molecule has 0 rings (SSSR count). The van der Waals surface area contributed by atoms with Gasteiger partial charge in [-0.05, 0) is 26.2 Å². The zero-order chi connectivity index (χ0) is 10.3. The van der Waals surface area contributed by atoms with Gasteiger partial charge in [0.05, 0.1) is 0 Å². The van der Waals surface area contributed by atoms with Crippen molar-refractivity contribution in [2.75, 3.05) is 13.2 Å². The first-order valence-corrected chi connectivity index (χ1v) is 5.48. The summed E-state index contributed by atoms with van der Waals surface area (Å²) in [5.41, 5.74) is 0.101. The molecule has 0 amide bonds. The van der Waals surface area contributed by atoms with Gasteiger partial charge in [0.15, 0.2) is 0 Å². The molecule has 0 heterocycles. The predicted molar refractivity (Wildman–Crippen MR) is 57.9 cm³/mol. The summed E-state index contributed by atoms with van der Waals surface area (Å²) in [6, 6.07) is 0.559. The minimum Gasteiger partial charge on any atom is -0.396 e. The van der Waals surface area contributed by atoms with E-state index in [2.05, 4.69) is 33.0 Å². The van der Waals surface area contributed by atoms with E-state index in [0.717, 1.165) is 25.8 Å². The average Bonchev–Trinajstić information content (AvgIpc) is 2.20. The summed E-state index contributed by atoms with van der Waals surface area (Å²) in [7, 11) is 0. The number of aliphatic hydroxyl groups is 1. The average molecular weight is 187 g/mol. The van der Waals surface area contributed by atoms with E-state index in [1.807, 2.05) is 0 Å². The molecule has 0 aliphatic carbocycles. The second kappa shape index (κ2) is 6.39. The molecule has 2 nitrogen and oxygen atoms in total. The smallest absolute Gasteiger partial charge is 0.0499 e. The second-order valence-electron chi connectivity index (χ2n) is 4.06. The molecule has 2 heteroatoms. The molecule has 13 heavy (non-hydrogen) atoms. The van der Waals surface area contributed by atoms with Gasteiger partial charge in [-0.3, -0.25) is 0 Å². The van der Waals surface area contributed by atoms with Crippen molar-refractivity contribution in [2.24, 2.45) is 5.41 Å². The van der Waals surface area contributed by atoms with Gasteiger partial charge in [0, 0.05) is 24.6 Å². The summed E-state index contributed by atoms with van der Waals surface area (Å²) in [5, 5.41) is 12.8. The fraction of sp³-hybridized carbons (Fsp3) is 1.00. The molecule has 0 saturated heterocycles. The lowest BCUT2D eigenvalue weighted by Crippen LogP contribution is -2.40. The zero-order valence-electron chi connectivity index (χ0n) is 9.56. The van der Waals surface area contributed by atoms with E-state index in [9.17, 15) is 5.11 Å². The van der Waals surface area contributed by atoms with Gasteiger partial charge >= 0.3 is 0 Å². The van der Waals surface area contributed by atoms with Gasteiger partial charge in [-0.25, -0.2) is 0 Å². The van der Waals surface area contributed by atoms with Crippen LogP contribution in [0, 0.1) is 5.41 Å². The van der Waals surface area contributed by atoms with Crippen LogP contribution in [-0.4, -0.2) is 24.3 Å². The molecule has 0 saturated carbocycles. The summed E-state index contributed by atoms with van der Waals surface area (Å²) < 4.78 is 0. The Bertz CT molecular complexity index is 113. The summed E-state index contributed by atoms with van der Waals surface area (Å²) in [4.78, 5) is 0. The first kappa shape index (κ1) is 12.9. The van der Waals surface area contributed by atoms with Crippen LogP contribution in [0.4, 0.5) is 0 Å². The standard InChI is InChI=1S/C11H25NO/c1-5-10(4)12-8-11(6-2,7-3)9-13/h10,12-13H,5-9H2,1-4H3. The highest BCUT2D eigenvalue weighted by molar-refractivity contribution is 4.79. The SMILES string of the molecule is CCC(C)NCC(CC)(CC)CO. The van der Waals surface area contributed by atoms with Crippen LogP contribution in [0.2, 0.25) is 0 Å². The molecule has 1 atom stereocenters. The van der Waals surface area contributed by atoms with Gasteiger partial charge in [-0.2, -0.15) is 0 Å². The molecular weight excluding hydrogens is 162 g/mol. The van der Waals surface area contributed by atoms with Crippen LogP contribution in [-0.2, 0) is 0 Å². The third-order valence-electron chi connectivity index (χ3n) is 3.27. The van der Waals surface area contributed by atoms with Crippen LogP contribution in [0.5, 0.6) is 0 Å². The van der Waals surface area contributed by atoms with Gasteiger partial charge in [-0.1, -0.05) is 20.8 Å². The topological polar surface area (TPSA) is 32.3 Å². The lowest BCUT2D eigenvalue weighted by atomic mass is 9.83. The molecule has 2 N–H and O–H groups in total. The highest BCUT2D eigenvalue weighted by atomic mass is 16.3. The summed E-state index contributed by atoms with van der Waals surface area (Å²) in [6.45, 7) is 9.90. The van der Waals surface area contributed by atoms with E-state index in [4.69, 9.17) is 0 Å². The van der Waals surface area contributed by atoms with Crippen LogP contribution in [0.25, 0.3) is 0 Å². The number of rotatable bonds is 7. The highest BCUT2D eigenvalue weighted by Crippen LogP contribution is 2.24. The lowest BCUT2D eigenvalue weighted by Gasteiger charge is -2.31. The predicted octanol–water partition coefficient (Wildman–Crippen LogP) is 2.17. The molecule has 0 spiro atoms. The molecule has 0 fully saturated rings. The maximum atomic E-state index is 9.32. The lowest BCUT2D eigenvalue weighted by molar-refractivity contribution is 0.110. The Balaban J connectivity index is 3.95. The maximum absolute atomic E-state index is 9.32. The Labute approximate surface area is 82.7 Å². The van der Waals surface area contributed by atoms with E-state index in [-0.39, 0.29) is 5.41 Å². The van der Waals surface area contributed by atoms with Gasteiger partial charge in [-0.15, -0.1) is 0 Å². The Morgan fingerprint density at radius 3 is 2.08 bits per heavy atom. The third-order valence-corrected chi connectivity index (χ3v) is 3.27. The van der Waals surface area contributed by atoms with Crippen molar-refractivity contribution in [3.05, 3.63) is 0 Å². The zero-order valence-corrected chi connectivity index (χ0v) is 9.56. The van der Waals surface area contributed by atoms with Crippen LogP contribution in [0.3, 0.4) is 0 Å². The largest absolute Gasteiger partial charge is 0.396 e. The van der Waals surface area contributed by atoms with Gasteiger partial charge < -0.3 is 10.4 Å². The fourth-order valence-electron chi connectivity index (χ4n) is 1.31. The summed E-state index contributed by atoms with van der Waals surface area (Å²) in [6.07, 6.45) is 3.24. The molecule has 0 aromatic heterocycles.